The lowest BCUT2D eigenvalue weighted by Crippen LogP contribution is -2.18. The Labute approximate surface area is 219 Å². The molecule has 0 bridgehead atoms. The second-order valence-corrected chi connectivity index (χ2v) is 9.56. The standard InChI is InChI=1S/C28H23N3O6S/c1-36-24-17-11-22(12-18-24)28(33)37-25-15-7-20(8-16-25)19-29-30-27(32)21-9-13-23(14-10-21)31-38(34,35)26-5-3-2-4-6-26/h2-19,31H,1H3,(H,30,32)/b29-19+. The van der Waals surface area contributed by atoms with E-state index >= 15 is 0 Å². The molecule has 4 aromatic carbocycles. The Kier molecular flexibility index (Phi) is 8.14. The third-order valence-corrected chi connectivity index (χ3v) is 6.65. The van der Waals surface area contributed by atoms with E-state index in [0.717, 1.165) is 0 Å². The number of carbonyl (C=O) groups is 2. The largest absolute Gasteiger partial charge is 0.497 e. The van der Waals surface area contributed by atoms with Crippen LogP contribution < -0.4 is 19.6 Å². The fraction of sp³-hybridized carbons (Fsp3) is 0.0357. The van der Waals surface area contributed by atoms with Crippen LogP contribution in [0.3, 0.4) is 0 Å². The average Bonchev–Trinajstić information content (AvgIpc) is 2.94. The minimum atomic E-state index is -3.72. The highest BCUT2D eigenvalue weighted by Gasteiger charge is 2.14. The van der Waals surface area contributed by atoms with Crippen LogP contribution in [0.4, 0.5) is 5.69 Å². The van der Waals surface area contributed by atoms with Crippen LogP contribution in [0.25, 0.3) is 0 Å². The number of esters is 1. The molecule has 0 heterocycles. The third-order valence-electron chi connectivity index (χ3n) is 5.25. The molecule has 0 aliphatic heterocycles. The van der Waals surface area contributed by atoms with E-state index in [1.54, 1.807) is 73.8 Å². The molecule has 0 saturated carbocycles. The summed E-state index contributed by atoms with van der Waals surface area (Å²) in [6, 6.07) is 27.1. The molecule has 38 heavy (non-hydrogen) atoms. The molecule has 192 valence electrons. The Balaban J connectivity index is 1.29. The number of rotatable bonds is 9. The first kappa shape index (κ1) is 26.1. The summed E-state index contributed by atoms with van der Waals surface area (Å²) in [7, 11) is -2.18. The van der Waals surface area contributed by atoms with Gasteiger partial charge in [-0.15, -0.1) is 0 Å². The quantitative estimate of drug-likeness (QED) is 0.143. The highest BCUT2D eigenvalue weighted by atomic mass is 32.2. The van der Waals surface area contributed by atoms with E-state index < -0.39 is 21.9 Å². The minimum Gasteiger partial charge on any atom is -0.497 e. The number of nitrogens with one attached hydrogen (secondary N) is 2. The van der Waals surface area contributed by atoms with Gasteiger partial charge in [0.25, 0.3) is 15.9 Å². The molecule has 10 heteroatoms. The number of benzene rings is 4. The van der Waals surface area contributed by atoms with Gasteiger partial charge in [0.05, 0.1) is 23.8 Å². The fourth-order valence-electron chi connectivity index (χ4n) is 3.25. The Morgan fingerprint density at radius 2 is 1.37 bits per heavy atom. The summed E-state index contributed by atoms with van der Waals surface area (Å²) in [4.78, 5) is 24.8. The predicted molar refractivity (Wildman–Crippen MR) is 143 cm³/mol. The van der Waals surface area contributed by atoms with Crippen LogP contribution in [0, 0.1) is 0 Å². The van der Waals surface area contributed by atoms with Crippen LogP contribution in [0.5, 0.6) is 11.5 Å². The van der Waals surface area contributed by atoms with Crippen LogP contribution in [0.1, 0.15) is 26.3 Å². The zero-order chi connectivity index (χ0) is 27.0. The molecule has 9 nitrogen and oxygen atoms in total. The predicted octanol–water partition coefficient (Wildman–Crippen LogP) is 4.48. The molecule has 0 saturated heterocycles. The average molecular weight is 530 g/mol. The van der Waals surface area contributed by atoms with E-state index in [0.29, 0.717) is 33.9 Å². The van der Waals surface area contributed by atoms with Gasteiger partial charge in [0, 0.05) is 11.3 Å². The van der Waals surface area contributed by atoms with Gasteiger partial charge in [-0.05, 0) is 90.5 Å². The first-order chi connectivity index (χ1) is 18.3. The van der Waals surface area contributed by atoms with E-state index in [2.05, 4.69) is 15.2 Å². The van der Waals surface area contributed by atoms with Crippen molar-refractivity contribution in [2.45, 2.75) is 4.90 Å². The number of carbonyl (C=O) groups excluding carboxylic acids is 2. The van der Waals surface area contributed by atoms with Crippen molar-refractivity contribution in [3.63, 3.8) is 0 Å². The number of anilines is 1. The summed E-state index contributed by atoms with van der Waals surface area (Å²) in [5.74, 6) is 0.0274. The van der Waals surface area contributed by atoms with E-state index in [1.165, 1.54) is 42.6 Å². The number of ether oxygens (including phenoxy) is 2. The van der Waals surface area contributed by atoms with Gasteiger partial charge in [0.15, 0.2) is 0 Å². The number of hydrogen-bond acceptors (Lipinski definition) is 7. The number of hydrogen-bond donors (Lipinski definition) is 2. The van der Waals surface area contributed by atoms with Crippen molar-refractivity contribution in [3.8, 4) is 11.5 Å². The summed E-state index contributed by atoms with van der Waals surface area (Å²) in [5, 5.41) is 3.94. The number of sulfonamides is 1. The molecule has 0 radical (unpaired) electrons. The summed E-state index contributed by atoms with van der Waals surface area (Å²) < 4.78 is 37.7. The molecule has 4 aromatic rings. The Bertz CT molecular complexity index is 1540. The van der Waals surface area contributed by atoms with Crippen molar-refractivity contribution < 1.29 is 27.5 Å². The zero-order valence-electron chi connectivity index (χ0n) is 20.2. The molecular weight excluding hydrogens is 506 g/mol. The molecule has 4 rings (SSSR count). The van der Waals surface area contributed by atoms with Crippen molar-refractivity contribution in [3.05, 3.63) is 120 Å². The van der Waals surface area contributed by atoms with Gasteiger partial charge in [0.2, 0.25) is 0 Å². The second kappa shape index (κ2) is 11.8. The van der Waals surface area contributed by atoms with Crippen LogP contribution >= 0.6 is 0 Å². The minimum absolute atomic E-state index is 0.139. The maximum atomic E-state index is 12.4. The summed E-state index contributed by atoms with van der Waals surface area (Å²) in [6.07, 6.45) is 1.44. The van der Waals surface area contributed by atoms with Crippen LogP contribution in [-0.2, 0) is 10.0 Å². The van der Waals surface area contributed by atoms with E-state index in [4.69, 9.17) is 9.47 Å². The van der Waals surface area contributed by atoms with Gasteiger partial charge in [0.1, 0.15) is 11.5 Å². The third kappa shape index (κ3) is 6.83. The molecule has 1 amide bonds. The van der Waals surface area contributed by atoms with Gasteiger partial charge in [-0.1, -0.05) is 18.2 Å². The molecule has 0 aromatic heterocycles. The van der Waals surface area contributed by atoms with Gasteiger partial charge >= 0.3 is 5.97 Å². The first-order valence-electron chi connectivity index (χ1n) is 11.3. The Morgan fingerprint density at radius 1 is 0.763 bits per heavy atom. The van der Waals surface area contributed by atoms with Crippen molar-refractivity contribution in [2.24, 2.45) is 5.10 Å². The smallest absolute Gasteiger partial charge is 0.343 e. The normalized spacial score (nSPS) is 11.1. The van der Waals surface area contributed by atoms with Crippen molar-refractivity contribution in [1.82, 2.24) is 5.43 Å². The number of methoxy groups -OCH3 is 1. The molecule has 0 spiro atoms. The highest BCUT2D eigenvalue weighted by molar-refractivity contribution is 7.92. The Hall–Kier alpha value is -4.96. The van der Waals surface area contributed by atoms with E-state index in [9.17, 15) is 18.0 Å². The fourth-order valence-corrected chi connectivity index (χ4v) is 4.33. The van der Waals surface area contributed by atoms with E-state index in [-0.39, 0.29) is 4.90 Å². The molecular formula is C28H23N3O6S. The number of hydrazone groups is 1. The zero-order valence-corrected chi connectivity index (χ0v) is 21.0. The van der Waals surface area contributed by atoms with Gasteiger partial charge in [-0.2, -0.15) is 5.10 Å². The van der Waals surface area contributed by atoms with Gasteiger partial charge < -0.3 is 9.47 Å². The lowest BCUT2D eigenvalue weighted by molar-refractivity contribution is 0.0734. The first-order valence-corrected chi connectivity index (χ1v) is 12.8. The molecule has 0 fully saturated rings. The summed E-state index contributed by atoms with van der Waals surface area (Å²) >= 11 is 0. The van der Waals surface area contributed by atoms with Crippen molar-refractivity contribution in [1.29, 1.82) is 0 Å². The molecule has 0 aliphatic rings. The van der Waals surface area contributed by atoms with Gasteiger partial charge in [-0.3, -0.25) is 9.52 Å². The highest BCUT2D eigenvalue weighted by Crippen LogP contribution is 2.18. The molecule has 0 aliphatic carbocycles. The maximum absolute atomic E-state index is 12.4. The lowest BCUT2D eigenvalue weighted by atomic mass is 10.2. The summed E-state index contributed by atoms with van der Waals surface area (Å²) in [5.41, 5.74) is 4.09. The lowest BCUT2D eigenvalue weighted by Gasteiger charge is -2.08. The second-order valence-electron chi connectivity index (χ2n) is 7.88. The van der Waals surface area contributed by atoms with E-state index in [1.807, 2.05) is 0 Å². The monoisotopic (exact) mass is 529 g/mol. The number of amides is 1. The summed E-state index contributed by atoms with van der Waals surface area (Å²) in [6.45, 7) is 0. The van der Waals surface area contributed by atoms with Crippen LogP contribution in [0.15, 0.2) is 113 Å². The van der Waals surface area contributed by atoms with Gasteiger partial charge in [-0.25, -0.2) is 18.6 Å². The van der Waals surface area contributed by atoms with Crippen LogP contribution in [-0.4, -0.2) is 33.6 Å². The van der Waals surface area contributed by atoms with Crippen LogP contribution in [0.2, 0.25) is 0 Å². The topological polar surface area (TPSA) is 123 Å². The molecule has 0 unspecified atom stereocenters. The maximum Gasteiger partial charge on any atom is 0.343 e. The van der Waals surface area contributed by atoms with Crippen molar-refractivity contribution >= 4 is 33.8 Å². The van der Waals surface area contributed by atoms with Crippen molar-refractivity contribution in [2.75, 3.05) is 11.8 Å². The SMILES string of the molecule is COc1ccc(C(=O)Oc2ccc(/C=N/NC(=O)c3ccc(NS(=O)(=O)c4ccccc4)cc3)cc2)cc1. The Morgan fingerprint density at radius 3 is 2.00 bits per heavy atom. The molecule has 2 N–H and O–H groups in total. The molecule has 0 atom stereocenters. The number of nitrogens with zero attached hydrogens (tertiary/aromatic N) is 1.